The maximum absolute atomic E-state index is 13.6. The average Bonchev–Trinajstić information content (AvgIpc) is 0.905. The summed E-state index contributed by atoms with van der Waals surface area (Å²) in [5.41, 5.74) is -0.680. The molecular formula is C64H107N3O24. The van der Waals surface area contributed by atoms with E-state index < -0.39 is 66.7 Å². The van der Waals surface area contributed by atoms with Gasteiger partial charge in [-0.25, -0.2) is 4.79 Å². The molecule has 3 heterocycles. The van der Waals surface area contributed by atoms with Crippen molar-refractivity contribution in [1.29, 1.82) is 0 Å². The third-order valence-electron chi connectivity index (χ3n) is 15.4. The number of nitrogens with one attached hydrogen (secondary N) is 3. The first-order valence-corrected chi connectivity index (χ1v) is 32.1. The molecule has 3 aliphatic rings. The predicted molar refractivity (Wildman–Crippen MR) is 328 cm³/mol. The van der Waals surface area contributed by atoms with Gasteiger partial charge in [-0.2, -0.15) is 0 Å². The minimum Gasteiger partial charge on any atom is -0.487 e. The van der Waals surface area contributed by atoms with Crippen molar-refractivity contribution < 1.29 is 114 Å². The van der Waals surface area contributed by atoms with Crippen molar-refractivity contribution >= 4 is 35.6 Å². The highest BCUT2D eigenvalue weighted by molar-refractivity contribution is 5.91. The largest absolute Gasteiger partial charge is 0.487 e. The second-order valence-corrected chi connectivity index (χ2v) is 23.8. The van der Waals surface area contributed by atoms with Crippen LogP contribution < -0.4 is 30.2 Å². The Labute approximate surface area is 537 Å². The lowest BCUT2D eigenvalue weighted by atomic mass is 9.81. The van der Waals surface area contributed by atoms with Crippen LogP contribution in [-0.4, -0.2) is 228 Å². The Morgan fingerprint density at radius 3 is 1.05 bits per heavy atom. The van der Waals surface area contributed by atoms with Crippen LogP contribution in [0.2, 0.25) is 0 Å². The summed E-state index contributed by atoms with van der Waals surface area (Å²) in [5, 5.41) is 8.65. The number of benzene rings is 1. The van der Waals surface area contributed by atoms with E-state index in [2.05, 4.69) is 36.7 Å². The normalized spacial score (nSPS) is 26.6. The molecule has 0 spiro atoms. The summed E-state index contributed by atoms with van der Waals surface area (Å²) in [6.07, 6.45) is -2.06. The van der Waals surface area contributed by atoms with Gasteiger partial charge in [-0.15, -0.1) is 0 Å². The highest BCUT2D eigenvalue weighted by atomic mass is 16.7. The van der Waals surface area contributed by atoms with Gasteiger partial charge in [-0.3, -0.25) is 24.0 Å². The van der Waals surface area contributed by atoms with E-state index in [9.17, 15) is 28.8 Å². The summed E-state index contributed by atoms with van der Waals surface area (Å²) in [4.78, 5) is 73.9. The molecule has 0 saturated carbocycles. The lowest BCUT2D eigenvalue weighted by molar-refractivity contribution is -0.256. The number of carbonyl (C=O) groups excluding carboxylic acids is 6. The van der Waals surface area contributed by atoms with E-state index >= 15 is 0 Å². The molecule has 15 atom stereocenters. The van der Waals surface area contributed by atoms with Crippen molar-refractivity contribution in [2.24, 2.45) is 23.7 Å². The SMILES string of the molecule is CC[C@H]1O[C@@H](OCCOCCOCCOc2cc(C(=O)OC(C)(C)C)cc(OCCOCCOCCO[C@@H]3O[C@H](CC)[C@H](C)[C@H](OC(C)=O)[C@H]3NC(C)=O)c2OCCOCCOCCO[C@@H]2O[C@H](CC)[C@H](C)[C@H](OC(C)=O)[C@H]2NC(C)=O)[C@H](NC(C)=O)[C@@H](C)[C@H]1C. The van der Waals surface area contributed by atoms with Crippen molar-refractivity contribution in [2.45, 2.75) is 196 Å². The molecule has 27 heteroatoms. The Bertz CT molecular complexity index is 2330. The zero-order chi connectivity index (χ0) is 67.0. The van der Waals surface area contributed by atoms with Gasteiger partial charge in [0.2, 0.25) is 23.5 Å². The van der Waals surface area contributed by atoms with Gasteiger partial charge in [-0.1, -0.05) is 48.5 Å². The highest BCUT2D eigenvalue weighted by Crippen LogP contribution is 2.40. The van der Waals surface area contributed by atoms with Crippen LogP contribution in [0.4, 0.5) is 0 Å². The maximum atomic E-state index is 13.6. The molecule has 0 aromatic heterocycles. The van der Waals surface area contributed by atoms with Crippen molar-refractivity contribution in [1.82, 2.24) is 16.0 Å². The van der Waals surface area contributed by atoms with Crippen LogP contribution in [0.5, 0.6) is 17.2 Å². The fraction of sp³-hybridized carbons (Fsp3) is 0.812. The fourth-order valence-electron chi connectivity index (χ4n) is 10.9. The van der Waals surface area contributed by atoms with Crippen LogP contribution in [0.1, 0.15) is 133 Å². The molecule has 0 aliphatic carbocycles. The molecule has 4 rings (SSSR count). The van der Waals surface area contributed by atoms with Crippen molar-refractivity contribution in [3.05, 3.63) is 17.7 Å². The van der Waals surface area contributed by atoms with E-state index in [0.29, 0.717) is 12.8 Å². The Hall–Kier alpha value is -5.04. The van der Waals surface area contributed by atoms with E-state index in [1.54, 1.807) is 20.8 Å². The van der Waals surface area contributed by atoms with E-state index in [1.165, 1.54) is 46.8 Å². The first-order chi connectivity index (χ1) is 43.4. The summed E-state index contributed by atoms with van der Waals surface area (Å²) in [5.74, 6) is -1.79. The second-order valence-electron chi connectivity index (χ2n) is 23.8. The second kappa shape index (κ2) is 41.6. The van der Waals surface area contributed by atoms with Crippen LogP contribution in [0, 0.1) is 23.7 Å². The lowest BCUT2D eigenvalue weighted by Gasteiger charge is -2.44. The standard InChI is InChI=1S/C64H107N3O24/c1-16-49-39(4)40(5)54(65-43(8)68)61(88-49)83-34-28-77-22-19-74-25-31-80-52-37-48(60(73)91-64(13,14)15)38-53(81-32-26-75-20-23-78-29-35-84-62-55(66-44(9)69)57(86-46(11)71)41(6)50(17-2)89-62)59(52)82-33-27-76-21-24-79-30-36-85-63-56(67-45(10)70)58(87-47(12)72)42(7)51(18-3)90-63/h37-42,49-51,54-58,61-63H,16-36H2,1-15H3,(H,65,68)(H,66,69)(H,67,70)/t39-,40+,41+,42+,49-,50-,51-,54-,55-,56-,57+,58+,61-,62-,63-/m1/s1. The number of carbonyl (C=O) groups is 6. The van der Waals surface area contributed by atoms with Crippen LogP contribution >= 0.6 is 0 Å². The molecule has 1 aromatic carbocycles. The molecule has 3 N–H and O–H groups in total. The molecule has 3 aliphatic heterocycles. The van der Waals surface area contributed by atoms with Crippen LogP contribution in [0.15, 0.2) is 12.1 Å². The minimum atomic E-state index is -0.875. The molecule has 91 heavy (non-hydrogen) atoms. The van der Waals surface area contributed by atoms with Gasteiger partial charge in [0, 0.05) is 46.5 Å². The number of rotatable bonds is 42. The van der Waals surface area contributed by atoms with E-state index in [-0.39, 0.29) is 207 Å². The zero-order valence-electron chi connectivity index (χ0n) is 56.5. The monoisotopic (exact) mass is 1300 g/mol. The molecule has 3 fully saturated rings. The third kappa shape index (κ3) is 27.8. The van der Waals surface area contributed by atoms with Crippen molar-refractivity contribution in [3.63, 3.8) is 0 Å². The van der Waals surface area contributed by atoms with Crippen molar-refractivity contribution in [3.8, 4) is 17.2 Å². The minimum absolute atomic E-state index is 0.00914. The molecule has 3 amide bonds. The lowest BCUT2D eigenvalue weighted by Crippen LogP contribution is -2.62. The predicted octanol–water partition coefficient (Wildman–Crippen LogP) is 5.25. The number of hydrogen-bond acceptors (Lipinski definition) is 24. The zero-order valence-corrected chi connectivity index (χ0v) is 56.5. The topological polar surface area (TPSA) is 305 Å². The third-order valence-corrected chi connectivity index (χ3v) is 15.4. The van der Waals surface area contributed by atoms with E-state index in [1.807, 2.05) is 27.7 Å². The van der Waals surface area contributed by atoms with Gasteiger partial charge in [0.05, 0.1) is 129 Å². The highest BCUT2D eigenvalue weighted by Gasteiger charge is 2.48. The van der Waals surface area contributed by atoms with E-state index in [0.717, 1.165) is 6.42 Å². The van der Waals surface area contributed by atoms with Gasteiger partial charge in [0.15, 0.2) is 30.4 Å². The Morgan fingerprint density at radius 2 is 0.725 bits per heavy atom. The molecule has 27 nitrogen and oxygen atoms in total. The summed E-state index contributed by atoms with van der Waals surface area (Å²) >= 11 is 0. The van der Waals surface area contributed by atoms with Gasteiger partial charge in [-0.05, 0) is 64.0 Å². The number of amides is 3. The number of hydrogen-bond donors (Lipinski definition) is 3. The quantitative estimate of drug-likeness (QED) is 0.0427. The Kier molecular flexibility index (Phi) is 35.9. The fourth-order valence-corrected chi connectivity index (χ4v) is 10.9. The average molecular weight is 1300 g/mol. The van der Waals surface area contributed by atoms with Gasteiger partial charge in [0.1, 0.15) is 49.7 Å². The van der Waals surface area contributed by atoms with Crippen LogP contribution in [0.3, 0.4) is 0 Å². The van der Waals surface area contributed by atoms with Gasteiger partial charge < -0.3 is 101 Å². The van der Waals surface area contributed by atoms with Crippen molar-refractivity contribution in [2.75, 3.05) is 119 Å². The summed E-state index contributed by atoms with van der Waals surface area (Å²) in [7, 11) is 0. The molecular weight excluding hydrogens is 1190 g/mol. The molecule has 522 valence electrons. The first-order valence-electron chi connectivity index (χ1n) is 32.1. The van der Waals surface area contributed by atoms with Gasteiger partial charge in [0.25, 0.3) is 0 Å². The summed E-state index contributed by atoms with van der Waals surface area (Å²) < 4.78 is 107. The molecule has 1 aromatic rings. The maximum Gasteiger partial charge on any atom is 0.338 e. The summed E-state index contributed by atoms with van der Waals surface area (Å²) in [6.45, 7) is 29.1. The first kappa shape index (κ1) is 78.4. The summed E-state index contributed by atoms with van der Waals surface area (Å²) in [6, 6.07) is 1.30. The number of ether oxygens (including phenoxy) is 18. The Balaban J connectivity index is 1.33. The molecule has 0 unspecified atom stereocenters. The smallest absolute Gasteiger partial charge is 0.338 e. The van der Waals surface area contributed by atoms with E-state index in [4.69, 9.17) is 85.3 Å². The number of esters is 3. The molecule has 0 radical (unpaired) electrons. The van der Waals surface area contributed by atoms with Crippen LogP contribution in [-0.2, 0) is 95.0 Å². The molecule has 3 saturated heterocycles. The Morgan fingerprint density at radius 1 is 0.418 bits per heavy atom. The van der Waals surface area contributed by atoms with Gasteiger partial charge >= 0.3 is 17.9 Å². The molecule has 0 bridgehead atoms. The van der Waals surface area contributed by atoms with Crippen LogP contribution in [0.25, 0.3) is 0 Å².